The van der Waals surface area contributed by atoms with Gasteiger partial charge in [-0.25, -0.2) is 4.68 Å². The van der Waals surface area contributed by atoms with Crippen LogP contribution in [0.15, 0.2) is 18.2 Å². The maximum Gasteiger partial charge on any atom is 0.251 e. The minimum absolute atomic E-state index is 0.0497. The number of carbonyl (C=O) groups excluding carboxylic acids is 1. The van der Waals surface area contributed by atoms with Crippen LogP contribution in [0.5, 0.6) is 0 Å². The molecule has 102 valence electrons. The van der Waals surface area contributed by atoms with Crippen LogP contribution in [0.3, 0.4) is 0 Å². The van der Waals surface area contributed by atoms with Gasteiger partial charge in [-0.2, -0.15) is 0 Å². The number of rotatable bonds is 5. The van der Waals surface area contributed by atoms with E-state index in [-0.39, 0.29) is 18.4 Å². The number of nitrogens with zero attached hydrogens (tertiary/aromatic N) is 3. The zero-order chi connectivity index (χ0) is 13.8. The van der Waals surface area contributed by atoms with E-state index in [1.54, 1.807) is 16.8 Å². The van der Waals surface area contributed by atoms with Crippen molar-refractivity contribution in [2.45, 2.75) is 20.4 Å². The molecule has 6 heteroatoms. The van der Waals surface area contributed by atoms with Crippen LogP contribution in [0, 0.1) is 5.92 Å². The Morgan fingerprint density at radius 3 is 3.00 bits per heavy atom. The van der Waals surface area contributed by atoms with Gasteiger partial charge in [0.1, 0.15) is 5.52 Å². The summed E-state index contributed by atoms with van der Waals surface area (Å²) in [6.45, 7) is 5.12. The molecule has 1 amide bonds. The maximum absolute atomic E-state index is 11.9. The van der Waals surface area contributed by atoms with Crippen molar-refractivity contribution in [2.24, 2.45) is 5.92 Å². The van der Waals surface area contributed by atoms with Crippen LogP contribution in [0.1, 0.15) is 24.2 Å². The molecule has 1 aromatic carbocycles. The van der Waals surface area contributed by atoms with E-state index >= 15 is 0 Å². The number of aryl methyl sites for hydroxylation is 1. The minimum Gasteiger partial charge on any atom is -0.396 e. The number of carbonyl (C=O) groups is 1. The van der Waals surface area contributed by atoms with Crippen LogP contribution < -0.4 is 5.32 Å². The molecule has 1 unspecified atom stereocenters. The van der Waals surface area contributed by atoms with E-state index in [2.05, 4.69) is 15.6 Å². The number of hydrogen-bond donors (Lipinski definition) is 2. The van der Waals surface area contributed by atoms with Gasteiger partial charge in [0, 0.05) is 25.3 Å². The molecule has 0 fully saturated rings. The Kier molecular flexibility index (Phi) is 4.11. The van der Waals surface area contributed by atoms with Crippen molar-refractivity contribution in [3.05, 3.63) is 23.8 Å². The lowest BCUT2D eigenvalue weighted by atomic mass is 10.1. The molecule has 19 heavy (non-hydrogen) atoms. The number of hydrogen-bond acceptors (Lipinski definition) is 4. The number of aromatic nitrogens is 3. The Bertz CT molecular complexity index is 579. The Morgan fingerprint density at radius 2 is 2.32 bits per heavy atom. The fourth-order valence-corrected chi connectivity index (χ4v) is 1.78. The molecule has 6 nitrogen and oxygen atoms in total. The summed E-state index contributed by atoms with van der Waals surface area (Å²) in [7, 11) is 0. The fraction of sp³-hybridized carbons (Fsp3) is 0.462. The van der Waals surface area contributed by atoms with E-state index in [0.717, 1.165) is 12.1 Å². The average Bonchev–Trinajstić information content (AvgIpc) is 2.86. The lowest BCUT2D eigenvalue weighted by Gasteiger charge is -2.09. The number of benzene rings is 1. The van der Waals surface area contributed by atoms with Crippen molar-refractivity contribution < 1.29 is 9.90 Å². The van der Waals surface area contributed by atoms with Crippen molar-refractivity contribution in [3.63, 3.8) is 0 Å². The van der Waals surface area contributed by atoms with Crippen LogP contribution in [-0.4, -0.2) is 39.2 Å². The number of aliphatic hydroxyl groups is 1. The molecule has 2 rings (SSSR count). The third-order valence-electron chi connectivity index (χ3n) is 3.00. The lowest BCUT2D eigenvalue weighted by molar-refractivity contribution is 0.0942. The monoisotopic (exact) mass is 262 g/mol. The van der Waals surface area contributed by atoms with Gasteiger partial charge in [0.25, 0.3) is 5.91 Å². The molecule has 1 heterocycles. The molecule has 2 N–H and O–H groups in total. The molecular formula is C13H18N4O2. The van der Waals surface area contributed by atoms with Gasteiger partial charge < -0.3 is 10.4 Å². The molecule has 0 spiro atoms. The Balaban J connectivity index is 2.14. The predicted octanol–water partition coefficient (Wildman–Crippen LogP) is 0.809. The Hall–Kier alpha value is -1.95. The summed E-state index contributed by atoms with van der Waals surface area (Å²) in [6.07, 6.45) is 0. The number of aliphatic hydroxyl groups excluding tert-OH is 1. The maximum atomic E-state index is 11.9. The van der Waals surface area contributed by atoms with Gasteiger partial charge in [-0.3, -0.25) is 4.79 Å². The second-order valence-corrected chi connectivity index (χ2v) is 4.61. The molecule has 1 aromatic heterocycles. The summed E-state index contributed by atoms with van der Waals surface area (Å²) < 4.78 is 1.78. The van der Waals surface area contributed by atoms with Crippen LogP contribution in [0.4, 0.5) is 0 Å². The molecule has 1 atom stereocenters. The molecule has 0 radical (unpaired) electrons. The van der Waals surface area contributed by atoms with E-state index in [1.807, 2.05) is 19.9 Å². The zero-order valence-electron chi connectivity index (χ0n) is 11.1. The van der Waals surface area contributed by atoms with Gasteiger partial charge in [0.2, 0.25) is 0 Å². The average molecular weight is 262 g/mol. The quantitative estimate of drug-likeness (QED) is 0.835. The standard InChI is InChI=1S/C13H18N4O2/c1-3-17-12-5-4-10(6-11(12)15-16-17)13(19)14-7-9(2)8-18/h4-6,9,18H,3,7-8H2,1-2H3,(H,14,19). The predicted molar refractivity (Wildman–Crippen MR) is 71.8 cm³/mol. The highest BCUT2D eigenvalue weighted by atomic mass is 16.3. The first-order valence-electron chi connectivity index (χ1n) is 6.38. The van der Waals surface area contributed by atoms with Crippen molar-refractivity contribution >= 4 is 16.9 Å². The van der Waals surface area contributed by atoms with Gasteiger partial charge in [0.05, 0.1) is 5.52 Å². The van der Waals surface area contributed by atoms with Crippen molar-refractivity contribution in [1.82, 2.24) is 20.3 Å². The van der Waals surface area contributed by atoms with Gasteiger partial charge in [0.15, 0.2) is 0 Å². The second-order valence-electron chi connectivity index (χ2n) is 4.61. The van der Waals surface area contributed by atoms with Crippen molar-refractivity contribution in [1.29, 1.82) is 0 Å². The first-order valence-corrected chi connectivity index (χ1v) is 6.38. The highest BCUT2D eigenvalue weighted by Gasteiger charge is 2.10. The van der Waals surface area contributed by atoms with Gasteiger partial charge in [-0.15, -0.1) is 5.10 Å². The third kappa shape index (κ3) is 2.90. The van der Waals surface area contributed by atoms with E-state index in [4.69, 9.17) is 5.11 Å². The summed E-state index contributed by atoms with van der Waals surface area (Å²) in [5.74, 6) is -0.109. The first-order chi connectivity index (χ1) is 9.15. The zero-order valence-corrected chi connectivity index (χ0v) is 11.1. The lowest BCUT2D eigenvalue weighted by Crippen LogP contribution is -2.29. The normalized spacial score (nSPS) is 12.6. The summed E-state index contributed by atoms with van der Waals surface area (Å²) in [5.41, 5.74) is 2.19. The smallest absolute Gasteiger partial charge is 0.251 e. The summed E-state index contributed by atoms with van der Waals surface area (Å²) in [4.78, 5) is 11.9. The molecule has 0 saturated carbocycles. The summed E-state index contributed by atoms with van der Waals surface area (Å²) in [6, 6.07) is 5.34. The van der Waals surface area contributed by atoms with E-state index in [1.165, 1.54) is 0 Å². The second kappa shape index (κ2) is 5.79. The Morgan fingerprint density at radius 1 is 1.53 bits per heavy atom. The first kappa shape index (κ1) is 13.5. The number of amides is 1. The Labute approximate surface area is 111 Å². The van der Waals surface area contributed by atoms with Crippen LogP contribution in [0.25, 0.3) is 11.0 Å². The van der Waals surface area contributed by atoms with Crippen LogP contribution >= 0.6 is 0 Å². The molecule has 0 aliphatic carbocycles. The highest BCUT2D eigenvalue weighted by molar-refractivity contribution is 5.97. The van der Waals surface area contributed by atoms with Gasteiger partial charge in [-0.05, 0) is 31.0 Å². The molecular weight excluding hydrogens is 244 g/mol. The van der Waals surface area contributed by atoms with Gasteiger partial charge >= 0.3 is 0 Å². The van der Waals surface area contributed by atoms with Gasteiger partial charge in [-0.1, -0.05) is 12.1 Å². The third-order valence-corrected chi connectivity index (χ3v) is 3.00. The van der Waals surface area contributed by atoms with Crippen molar-refractivity contribution in [3.8, 4) is 0 Å². The minimum atomic E-state index is -0.159. The molecule has 0 bridgehead atoms. The van der Waals surface area contributed by atoms with E-state index in [9.17, 15) is 4.79 Å². The van der Waals surface area contributed by atoms with E-state index in [0.29, 0.717) is 17.6 Å². The fourth-order valence-electron chi connectivity index (χ4n) is 1.78. The number of fused-ring (bicyclic) bond motifs is 1. The SMILES string of the molecule is CCn1nnc2cc(C(=O)NCC(C)CO)ccc21. The molecule has 2 aromatic rings. The highest BCUT2D eigenvalue weighted by Crippen LogP contribution is 2.13. The van der Waals surface area contributed by atoms with Crippen LogP contribution in [-0.2, 0) is 6.54 Å². The summed E-state index contributed by atoms with van der Waals surface area (Å²) in [5, 5.41) is 19.7. The largest absolute Gasteiger partial charge is 0.396 e. The van der Waals surface area contributed by atoms with E-state index < -0.39 is 0 Å². The molecule has 0 aliphatic heterocycles. The van der Waals surface area contributed by atoms with Crippen molar-refractivity contribution in [2.75, 3.05) is 13.2 Å². The molecule has 0 saturated heterocycles. The number of nitrogens with one attached hydrogen (secondary N) is 1. The van der Waals surface area contributed by atoms with Crippen LogP contribution in [0.2, 0.25) is 0 Å². The molecule has 0 aliphatic rings. The topological polar surface area (TPSA) is 80.0 Å². The summed E-state index contributed by atoms with van der Waals surface area (Å²) >= 11 is 0.